The molecular formula is C17H31N3O5S3. The van der Waals surface area contributed by atoms with Gasteiger partial charge in [-0.1, -0.05) is 0 Å². The molecule has 0 bridgehead atoms. The maximum atomic E-state index is 12.0. The lowest BCUT2D eigenvalue weighted by Crippen LogP contribution is -2.31. The van der Waals surface area contributed by atoms with Crippen molar-refractivity contribution in [3.8, 4) is 0 Å². The van der Waals surface area contributed by atoms with Crippen molar-refractivity contribution >= 4 is 31.8 Å². The second kappa shape index (κ2) is 11.0. The third-order valence-corrected chi connectivity index (χ3v) is 9.39. The lowest BCUT2D eigenvalue weighted by molar-refractivity contribution is 0.192. The minimum Gasteiger partial charge on any atom is -0.385 e. The average Bonchev–Trinajstić information content (AvgIpc) is 3.42. The van der Waals surface area contributed by atoms with Crippen molar-refractivity contribution in [2.45, 2.75) is 49.8 Å². The molecule has 2 aliphatic heterocycles. The Morgan fingerprint density at radius 3 is 2.64 bits per heavy atom. The molecule has 8 nitrogen and oxygen atoms in total. The van der Waals surface area contributed by atoms with Crippen LogP contribution in [0.25, 0.3) is 0 Å². The summed E-state index contributed by atoms with van der Waals surface area (Å²) < 4.78 is 53.0. The summed E-state index contributed by atoms with van der Waals surface area (Å²) >= 11 is 0.981. The molecule has 2 fully saturated rings. The minimum atomic E-state index is -3.52. The van der Waals surface area contributed by atoms with Gasteiger partial charge in [0.05, 0.1) is 11.0 Å². The van der Waals surface area contributed by atoms with E-state index in [4.69, 9.17) is 9.88 Å². The predicted octanol–water partition coefficient (Wildman–Crippen LogP) is 1.24. The van der Waals surface area contributed by atoms with Crippen molar-refractivity contribution < 1.29 is 21.6 Å². The average molecular weight is 454 g/mol. The molecule has 0 aromatic carbocycles. The van der Waals surface area contributed by atoms with Crippen molar-refractivity contribution in [2.75, 3.05) is 26.0 Å². The molecule has 0 radical (unpaired) electrons. The number of sulfone groups is 1. The van der Waals surface area contributed by atoms with Crippen LogP contribution in [-0.4, -0.2) is 54.1 Å². The van der Waals surface area contributed by atoms with Crippen LogP contribution < -0.4 is 15.2 Å². The second-order valence-electron chi connectivity index (χ2n) is 7.33. The van der Waals surface area contributed by atoms with E-state index in [1.807, 2.05) is 0 Å². The molecule has 2 heterocycles. The second-order valence-corrected chi connectivity index (χ2v) is 12.3. The van der Waals surface area contributed by atoms with Crippen molar-refractivity contribution in [3.05, 3.63) is 22.6 Å². The van der Waals surface area contributed by atoms with Crippen LogP contribution in [0.2, 0.25) is 0 Å². The zero-order valence-corrected chi connectivity index (χ0v) is 18.6. The molecular weight excluding hydrogens is 422 g/mol. The number of rotatable bonds is 9. The van der Waals surface area contributed by atoms with Gasteiger partial charge in [0.1, 0.15) is 4.24 Å². The van der Waals surface area contributed by atoms with Crippen LogP contribution in [0.1, 0.15) is 38.5 Å². The first-order valence-electron chi connectivity index (χ1n) is 9.48. The van der Waals surface area contributed by atoms with Gasteiger partial charge in [-0.25, -0.2) is 22.0 Å². The maximum absolute atomic E-state index is 12.0. The molecule has 1 saturated carbocycles. The Balaban J connectivity index is 0.000000237. The molecule has 1 unspecified atom stereocenters. The van der Waals surface area contributed by atoms with E-state index in [1.54, 1.807) is 19.4 Å². The van der Waals surface area contributed by atoms with Crippen LogP contribution in [0.4, 0.5) is 0 Å². The smallest absolute Gasteiger partial charge is 0.245 e. The van der Waals surface area contributed by atoms with Crippen LogP contribution in [0.3, 0.4) is 0 Å². The van der Waals surface area contributed by atoms with Crippen LogP contribution in [-0.2, 0) is 24.6 Å². The topological polar surface area (TPSA) is 128 Å². The Hall–Kier alpha value is -0.590. The molecule has 2 atom stereocenters. The first-order chi connectivity index (χ1) is 13.2. The zero-order chi connectivity index (χ0) is 20.6. The molecule has 1 aliphatic carbocycles. The number of methoxy groups -OCH3 is 1. The Kier molecular flexibility index (Phi) is 9.29. The highest BCUT2D eigenvalue weighted by Crippen LogP contribution is 2.29. The molecule has 162 valence electrons. The van der Waals surface area contributed by atoms with E-state index in [2.05, 4.69) is 10.0 Å². The van der Waals surface area contributed by atoms with Crippen LogP contribution in [0, 0.1) is 5.92 Å². The highest BCUT2D eigenvalue weighted by atomic mass is 32.3. The fraction of sp³-hybridized carbons (Fsp3) is 0.765. The van der Waals surface area contributed by atoms with Gasteiger partial charge in [0.15, 0.2) is 9.84 Å². The van der Waals surface area contributed by atoms with Crippen LogP contribution in [0.15, 0.2) is 22.6 Å². The third kappa shape index (κ3) is 8.42. The van der Waals surface area contributed by atoms with Gasteiger partial charge in [-0.05, 0) is 75.1 Å². The van der Waals surface area contributed by atoms with E-state index >= 15 is 0 Å². The first kappa shape index (κ1) is 23.7. The van der Waals surface area contributed by atoms with Gasteiger partial charge < -0.3 is 14.8 Å². The fourth-order valence-electron chi connectivity index (χ4n) is 3.11. The Labute approximate surface area is 172 Å². The van der Waals surface area contributed by atoms with Gasteiger partial charge in [-0.2, -0.15) is 0 Å². The Morgan fingerprint density at radius 2 is 2.11 bits per heavy atom. The molecule has 0 aromatic rings. The number of nitrogens with one attached hydrogen (secondary N) is 2. The van der Waals surface area contributed by atoms with Gasteiger partial charge >= 0.3 is 0 Å². The summed E-state index contributed by atoms with van der Waals surface area (Å²) in [6, 6.07) is 0.197. The van der Waals surface area contributed by atoms with Gasteiger partial charge in [0, 0.05) is 26.0 Å². The minimum absolute atomic E-state index is 0.119. The third-order valence-electron chi connectivity index (χ3n) is 4.84. The molecule has 0 spiro atoms. The van der Waals surface area contributed by atoms with Crippen molar-refractivity contribution in [1.82, 2.24) is 10.0 Å². The van der Waals surface area contributed by atoms with Gasteiger partial charge in [0.25, 0.3) is 0 Å². The van der Waals surface area contributed by atoms with E-state index in [0.29, 0.717) is 5.75 Å². The number of unbranched alkanes of at least 4 members (excludes halogenated alkanes) is 1. The number of nitrogens with two attached hydrogens (primary N) is 1. The standard InChI is InChI=1S/C13H25NO3S.C4H6N2O2S2/c1-17-7-3-2-4-13-8-12(10-18(13,15)16)14-9-11-5-6-11;5-10(7,8)4-2-1-3-6-9-4/h11-14H,2-10H2,1H3;1-3,6H,(H2,5,7,8)/t12?,13-;/m1./s1. The van der Waals surface area contributed by atoms with Gasteiger partial charge in [-0.15, -0.1) is 0 Å². The van der Waals surface area contributed by atoms with Crippen molar-refractivity contribution in [2.24, 2.45) is 11.1 Å². The lowest BCUT2D eigenvalue weighted by atomic mass is 10.1. The summed E-state index contributed by atoms with van der Waals surface area (Å²) in [5.41, 5.74) is 0. The van der Waals surface area contributed by atoms with Crippen LogP contribution >= 0.6 is 11.9 Å². The lowest BCUT2D eigenvalue weighted by Gasteiger charge is -2.11. The van der Waals surface area contributed by atoms with E-state index in [1.165, 1.54) is 18.9 Å². The van der Waals surface area contributed by atoms with Crippen molar-refractivity contribution in [1.29, 1.82) is 0 Å². The number of ether oxygens (including phenoxy) is 1. The van der Waals surface area contributed by atoms with E-state index in [0.717, 1.165) is 56.7 Å². The Morgan fingerprint density at radius 1 is 1.36 bits per heavy atom. The number of hydrogen-bond acceptors (Lipinski definition) is 8. The number of primary sulfonamides is 1. The van der Waals surface area contributed by atoms with E-state index in [9.17, 15) is 16.8 Å². The molecule has 11 heteroatoms. The summed E-state index contributed by atoms with van der Waals surface area (Å²) in [6.07, 6.45) is 10.8. The molecule has 3 rings (SSSR count). The normalized spacial score (nSPS) is 26.1. The van der Waals surface area contributed by atoms with E-state index < -0.39 is 19.9 Å². The monoisotopic (exact) mass is 453 g/mol. The molecule has 28 heavy (non-hydrogen) atoms. The summed E-state index contributed by atoms with van der Waals surface area (Å²) in [7, 11) is -4.69. The maximum Gasteiger partial charge on any atom is 0.245 e. The molecule has 0 aromatic heterocycles. The Bertz CT molecular complexity index is 761. The summed E-state index contributed by atoms with van der Waals surface area (Å²) in [5, 5.41) is 8.13. The van der Waals surface area contributed by atoms with Crippen molar-refractivity contribution in [3.63, 3.8) is 0 Å². The molecule has 3 aliphatic rings. The van der Waals surface area contributed by atoms with Gasteiger partial charge in [0.2, 0.25) is 10.0 Å². The number of sulfonamides is 1. The highest BCUT2D eigenvalue weighted by molar-refractivity contribution is 8.17. The zero-order valence-electron chi connectivity index (χ0n) is 16.2. The number of hydrogen-bond donors (Lipinski definition) is 3. The largest absolute Gasteiger partial charge is 0.385 e. The quantitative estimate of drug-likeness (QED) is 0.351. The highest BCUT2D eigenvalue weighted by Gasteiger charge is 2.38. The van der Waals surface area contributed by atoms with E-state index in [-0.39, 0.29) is 15.5 Å². The molecule has 1 saturated heterocycles. The molecule has 0 amide bonds. The SMILES string of the molecule is COCCCC[C@@H]1CC(NCC2CC2)CS1(=O)=O.NS(=O)(=O)C1=CC=CNS1. The summed E-state index contributed by atoms with van der Waals surface area (Å²) in [6.45, 7) is 1.74. The predicted molar refractivity (Wildman–Crippen MR) is 113 cm³/mol. The summed E-state index contributed by atoms with van der Waals surface area (Å²) in [4.78, 5) is 0. The van der Waals surface area contributed by atoms with Gasteiger partial charge in [-0.3, -0.25) is 0 Å². The fourth-order valence-corrected chi connectivity index (χ4v) is 6.53. The summed E-state index contributed by atoms with van der Waals surface area (Å²) in [5.74, 6) is 1.16. The molecule has 4 N–H and O–H groups in total. The first-order valence-corrected chi connectivity index (χ1v) is 13.6. The number of allylic oxidation sites excluding steroid dienone is 2. The van der Waals surface area contributed by atoms with Crippen LogP contribution in [0.5, 0.6) is 0 Å².